The number of aromatic amines is 1. The van der Waals surface area contributed by atoms with E-state index in [-0.39, 0.29) is 16.6 Å². The molecular weight excluding hydrogens is 196 g/mol. The minimum atomic E-state index is -0.530. The van der Waals surface area contributed by atoms with Gasteiger partial charge < -0.3 is 0 Å². The van der Waals surface area contributed by atoms with Crippen molar-refractivity contribution in [2.75, 3.05) is 0 Å². The Morgan fingerprint density at radius 3 is 2.93 bits per heavy atom. The summed E-state index contributed by atoms with van der Waals surface area (Å²) in [5, 5.41) is 8.87. The average Bonchev–Trinajstić information content (AvgIpc) is 2.25. The molecule has 74 valence electrons. The molecule has 1 N–H and O–H groups in total. The highest BCUT2D eigenvalue weighted by molar-refractivity contribution is 5.74. The topological polar surface area (TPSA) is 91.5 Å². The monoisotopic (exact) mass is 202 g/mol. The van der Waals surface area contributed by atoms with E-state index in [9.17, 15) is 9.59 Å². The molecule has 0 radical (unpaired) electrons. The van der Waals surface area contributed by atoms with Crippen LogP contribution in [-0.2, 0) is 7.05 Å². The molecule has 0 atom stereocenters. The molecule has 0 spiro atoms. The Balaban J connectivity index is 3.05. The third kappa shape index (κ3) is 1.30. The van der Waals surface area contributed by atoms with Gasteiger partial charge in [-0.3, -0.25) is 14.3 Å². The zero-order valence-electron chi connectivity index (χ0n) is 7.81. The second kappa shape index (κ2) is 3.06. The Morgan fingerprint density at radius 1 is 1.53 bits per heavy atom. The molecule has 0 amide bonds. The number of rotatable bonds is 0. The SMILES string of the molecule is Cn1c(=O)[nH]c(=O)c2cc(C#N)cnc21. The Morgan fingerprint density at radius 2 is 2.27 bits per heavy atom. The van der Waals surface area contributed by atoms with Crippen molar-refractivity contribution in [2.45, 2.75) is 0 Å². The van der Waals surface area contributed by atoms with E-state index in [0.717, 1.165) is 0 Å². The summed E-state index contributed by atoms with van der Waals surface area (Å²) in [4.78, 5) is 28.6. The molecule has 0 aromatic carbocycles. The van der Waals surface area contributed by atoms with Gasteiger partial charge in [0.05, 0.1) is 10.9 Å². The van der Waals surface area contributed by atoms with Gasteiger partial charge in [-0.1, -0.05) is 0 Å². The normalized spacial score (nSPS) is 10.1. The molecule has 2 heterocycles. The van der Waals surface area contributed by atoms with Crippen molar-refractivity contribution in [3.8, 4) is 6.07 Å². The third-order valence-corrected chi connectivity index (χ3v) is 2.08. The van der Waals surface area contributed by atoms with Crippen LogP contribution in [0.2, 0.25) is 0 Å². The maximum absolute atomic E-state index is 11.4. The third-order valence-electron chi connectivity index (χ3n) is 2.08. The van der Waals surface area contributed by atoms with Crippen molar-refractivity contribution in [3.63, 3.8) is 0 Å². The van der Waals surface area contributed by atoms with Crippen LogP contribution in [0.15, 0.2) is 21.9 Å². The Bertz CT molecular complexity index is 690. The van der Waals surface area contributed by atoms with Crippen LogP contribution in [0, 0.1) is 11.3 Å². The lowest BCUT2D eigenvalue weighted by atomic mass is 10.2. The van der Waals surface area contributed by atoms with Gasteiger partial charge in [0, 0.05) is 13.2 Å². The summed E-state index contributed by atoms with van der Waals surface area (Å²) < 4.78 is 1.22. The number of nitriles is 1. The molecule has 0 aliphatic heterocycles. The molecule has 6 heteroatoms. The van der Waals surface area contributed by atoms with Crippen LogP contribution < -0.4 is 11.2 Å². The predicted octanol–water partition coefficient (Wildman–Crippen LogP) is -0.507. The molecule has 2 aromatic heterocycles. The number of nitrogens with one attached hydrogen (secondary N) is 1. The summed E-state index contributed by atoms with van der Waals surface area (Å²) in [7, 11) is 1.50. The maximum Gasteiger partial charge on any atom is 0.329 e. The lowest BCUT2D eigenvalue weighted by Crippen LogP contribution is -2.28. The van der Waals surface area contributed by atoms with Crippen molar-refractivity contribution in [3.05, 3.63) is 38.7 Å². The van der Waals surface area contributed by atoms with Crippen molar-refractivity contribution < 1.29 is 0 Å². The van der Waals surface area contributed by atoms with E-state index in [1.54, 1.807) is 0 Å². The average molecular weight is 202 g/mol. The number of hydrogen-bond donors (Lipinski definition) is 1. The molecule has 6 nitrogen and oxygen atoms in total. The Kier molecular flexibility index (Phi) is 1.87. The number of aromatic nitrogens is 3. The second-order valence-corrected chi connectivity index (χ2v) is 3.03. The number of pyridine rings is 1. The highest BCUT2D eigenvalue weighted by Crippen LogP contribution is 2.05. The smallest absolute Gasteiger partial charge is 0.281 e. The Labute approximate surface area is 83.4 Å². The molecule has 15 heavy (non-hydrogen) atoms. The molecule has 2 rings (SSSR count). The van der Waals surface area contributed by atoms with Crippen LogP contribution in [0.3, 0.4) is 0 Å². The molecule has 2 aromatic rings. The van der Waals surface area contributed by atoms with Crippen LogP contribution in [-0.4, -0.2) is 14.5 Å². The van der Waals surface area contributed by atoms with Crippen molar-refractivity contribution >= 4 is 11.0 Å². The standard InChI is InChI=1S/C9H6N4O2/c1-13-7-6(8(14)12-9(13)15)2-5(3-10)4-11-7/h2,4H,1H3,(H,12,14,15). The molecule has 0 aliphatic rings. The van der Waals surface area contributed by atoms with Gasteiger partial charge in [-0.2, -0.15) is 5.26 Å². The first kappa shape index (κ1) is 9.15. The minimum absolute atomic E-state index is 0.233. The largest absolute Gasteiger partial charge is 0.329 e. The number of nitrogens with zero attached hydrogens (tertiary/aromatic N) is 3. The summed E-state index contributed by atoms with van der Waals surface area (Å²) in [5.74, 6) is 0. The van der Waals surface area contributed by atoms with Gasteiger partial charge >= 0.3 is 5.69 Å². The maximum atomic E-state index is 11.4. The highest BCUT2D eigenvalue weighted by atomic mass is 16.2. The van der Waals surface area contributed by atoms with Crippen molar-refractivity contribution in [1.82, 2.24) is 14.5 Å². The number of fused-ring (bicyclic) bond motifs is 1. The zero-order chi connectivity index (χ0) is 11.0. The van der Waals surface area contributed by atoms with Gasteiger partial charge in [-0.25, -0.2) is 9.78 Å². The van der Waals surface area contributed by atoms with E-state index < -0.39 is 11.2 Å². The number of aryl methyl sites for hydroxylation is 1. The summed E-state index contributed by atoms with van der Waals surface area (Å²) >= 11 is 0. The highest BCUT2D eigenvalue weighted by Gasteiger charge is 2.06. The minimum Gasteiger partial charge on any atom is -0.281 e. The van der Waals surface area contributed by atoms with Gasteiger partial charge in [0.15, 0.2) is 0 Å². The number of hydrogen-bond acceptors (Lipinski definition) is 4. The van der Waals surface area contributed by atoms with E-state index in [4.69, 9.17) is 5.26 Å². The molecule has 0 unspecified atom stereocenters. The first-order valence-corrected chi connectivity index (χ1v) is 4.12. The van der Waals surface area contributed by atoms with E-state index in [1.807, 2.05) is 6.07 Å². The van der Waals surface area contributed by atoms with Crippen LogP contribution >= 0.6 is 0 Å². The first-order valence-electron chi connectivity index (χ1n) is 4.12. The van der Waals surface area contributed by atoms with Crippen molar-refractivity contribution in [2.24, 2.45) is 7.05 Å². The van der Waals surface area contributed by atoms with Crippen LogP contribution in [0.1, 0.15) is 5.56 Å². The number of H-pyrrole nitrogens is 1. The van der Waals surface area contributed by atoms with E-state index >= 15 is 0 Å². The second-order valence-electron chi connectivity index (χ2n) is 3.03. The summed E-state index contributed by atoms with van der Waals surface area (Å²) in [6, 6.07) is 3.28. The van der Waals surface area contributed by atoms with Gasteiger partial charge in [-0.05, 0) is 6.07 Å². The molecule has 0 saturated heterocycles. The molecule has 0 bridgehead atoms. The molecule has 0 saturated carbocycles. The van der Waals surface area contributed by atoms with Crippen molar-refractivity contribution in [1.29, 1.82) is 5.26 Å². The van der Waals surface area contributed by atoms with Gasteiger partial charge in [-0.15, -0.1) is 0 Å². The summed E-state index contributed by atoms with van der Waals surface area (Å²) in [6.45, 7) is 0. The molecule has 0 aliphatic carbocycles. The predicted molar refractivity (Wildman–Crippen MR) is 52.3 cm³/mol. The van der Waals surface area contributed by atoms with E-state index in [1.165, 1.54) is 23.9 Å². The van der Waals surface area contributed by atoms with Gasteiger partial charge in [0.25, 0.3) is 5.56 Å². The summed E-state index contributed by atoms with van der Waals surface area (Å²) in [6.07, 6.45) is 1.32. The van der Waals surface area contributed by atoms with E-state index in [2.05, 4.69) is 9.97 Å². The van der Waals surface area contributed by atoms with Crippen LogP contribution in [0.5, 0.6) is 0 Å². The first-order chi connectivity index (χ1) is 7.13. The van der Waals surface area contributed by atoms with Crippen LogP contribution in [0.4, 0.5) is 0 Å². The lowest BCUT2D eigenvalue weighted by Gasteiger charge is -2.01. The van der Waals surface area contributed by atoms with Gasteiger partial charge in [0.1, 0.15) is 11.7 Å². The molecule has 0 fully saturated rings. The fourth-order valence-corrected chi connectivity index (χ4v) is 1.30. The Hall–Kier alpha value is -2.42. The fourth-order valence-electron chi connectivity index (χ4n) is 1.30. The van der Waals surface area contributed by atoms with Crippen LogP contribution in [0.25, 0.3) is 11.0 Å². The summed E-state index contributed by atoms with van der Waals surface area (Å²) in [5.41, 5.74) is -0.503. The van der Waals surface area contributed by atoms with E-state index in [0.29, 0.717) is 0 Å². The zero-order valence-corrected chi connectivity index (χ0v) is 7.81. The quantitative estimate of drug-likeness (QED) is 0.623. The fraction of sp³-hybridized carbons (Fsp3) is 0.111. The molecular formula is C9H6N4O2. The lowest BCUT2D eigenvalue weighted by molar-refractivity contribution is 0.828. The van der Waals surface area contributed by atoms with Gasteiger partial charge in [0.2, 0.25) is 0 Å².